The molecule has 5 N–H and O–H groups in total. The van der Waals surface area contributed by atoms with Gasteiger partial charge in [0.05, 0.1) is 49.9 Å². The van der Waals surface area contributed by atoms with Crippen molar-refractivity contribution >= 4 is 71.0 Å². The zero-order valence-corrected chi connectivity index (χ0v) is 37.0. The first-order valence-electron chi connectivity index (χ1n) is 18.5. The molecule has 4 bridgehead atoms. The molecule has 4 fully saturated rings. The number of nitrogens with one attached hydrogen (secondary N) is 3. The van der Waals surface area contributed by atoms with Crippen LogP contribution in [0.15, 0.2) is 46.2 Å². The maximum atomic E-state index is 12.4. The lowest BCUT2D eigenvalue weighted by Crippen LogP contribution is -2.38. The van der Waals surface area contributed by atoms with Crippen LogP contribution in [0.5, 0.6) is 0 Å². The molecule has 4 aliphatic carbocycles. The summed E-state index contributed by atoms with van der Waals surface area (Å²) < 4.78 is 61.0. The van der Waals surface area contributed by atoms with Gasteiger partial charge in [0.1, 0.15) is 16.3 Å². The summed E-state index contributed by atoms with van der Waals surface area (Å²) in [7, 11) is 5.60. The topological polar surface area (TPSA) is 261 Å². The maximum absolute atomic E-state index is 12.4. The Morgan fingerprint density at radius 2 is 1.12 bits per heavy atom. The van der Waals surface area contributed by atoms with Crippen molar-refractivity contribution in [1.29, 1.82) is 0 Å². The summed E-state index contributed by atoms with van der Waals surface area (Å²) in [5, 5.41) is 25.6. The zero-order valence-electron chi connectivity index (χ0n) is 34.6. The molecule has 0 saturated heterocycles. The van der Waals surface area contributed by atoms with Crippen LogP contribution >= 0.6 is 10.7 Å². The highest BCUT2D eigenvalue weighted by molar-refractivity contribution is 8.13. The average Bonchev–Trinajstić information content (AvgIpc) is 3.17. The number of sulfonamides is 1. The number of anilines is 2. The second kappa shape index (κ2) is 25.2. The van der Waals surface area contributed by atoms with Crippen LogP contribution in [0.4, 0.5) is 11.4 Å². The lowest BCUT2D eigenvalue weighted by molar-refractivity contribution is -0.141. The number of carbonyl (C=O) groups is 5. The predicted molar refractivity (Wildman–Crippen MR) is 221 cm³/mol. The number of hydrogen-bond donors (Lipinski definition) is 5. The molecule has 6 rings (SSSR count). The Bertz CT molecular complexity index is 1910. The molecule has 0 heterocycles. The largest absolute Gasteiger partial charge is 0.478 e. The number of esters is 3. The Balaban J connectivity index is 0.000000398. The molecule has 0 aliphatic heterocycles. The summed E-state index contributed by atoms with van der Waals surface area (Å²) in [6, 6.07) is 7.32. The van der Waals surface area contributed by atoms with Crippen molar-refractivity contribution in [1.82, 2.24) is 9.62 Å². The fourth-order valence-electron chi connectivity index (χ4n) is 7.04. The van der Waals surface area contributed by atoms with E-state index < -0.39 is 43.5 Å². The Morgan fingerprint density at radius 1 is 0.729 bits per heavy atom. The van der Waals surface area contributed by atoms with Gasteiger partial charge in [0.15, 0.2) is 0 Å². The molecule has 0 amide bonds. The standard InChI is InChI=1S/C12H16N2O6S.C10H16.C8H8ClNO4S.C4H9NO2.C4H8O2/c1-13-9-5-4-8(12(16)17)6-10(9)21(18,19)14(2)7-11(15)20-3;1-7-2-9-4-8(1)5-10(3-7)6-9;1-10-6-3-2-5(8(11)12)4-7(6)15(9,13)14;1-5-3-4(6)7-2;1-3-6-4(2)5/h4-6,13H,7H2,1-3H3,(H,16,17);7-10H,1-6H2;2-4,10H,1H3,(H,11,12);5H,3H2,1-2H3;3H2,1-2H3. The molecular formula is C38H57ClN4O14S2. The molecule has 21 heteroatoms. The minimum atomic E-state index is -4.04. The second-order valence-electron chi connectivity index (χ2n) is 13.7. The highest BCUT2D eigenvalue weighted by Gasteiger charge is 2.41. The summed E-state index contributed by atoms with van der Waals surface area (Å²) in [6.45, 7) is 3.47. The van der Waals surface area contributed by atoms with Crippen molar-refractivity contribution in [3.8, 4) is 0 Å². The van der Waals surface area contributed by atoms with Crippen molar-refractivity contribution in [3.63, 3.8) is 0 Å². The number of ether oxygens (including phenoxy) is 3. The van der Waals surface area contributed by atoms with Gasteiger partial charge < -0.3 is 40.4 Å². The van der Waals surface area contributed by atoms with E-state index in [0.717, 1.165) is 23.5 Å². The summed E-state index contributed by atoms with van der Waals surface area (Å²) in [5.41, 5.74) is 0.194. The molecule has 332 valence electrons. The third-order valence-electron chi connectivity index (χ3n) is 9.42. The van der Waals surface area contributed by atoms with E-state index in [1.807, 2.05) is 0 Å². The number of halogens is 1. The smallest absolute Gasteiger partial charge is 0.335 e. The number of carbonyl (C=O) groups excluding carboxylic acids is 3. The number of nitrogens with zero attached hydrogens (tertiary/aromatic N) is 1. The van der Waals surface area contributed by atoms with Crippen molar-refractivity contribution < 1.29 is 65.2 Å². The Labute approximate surface area is 350 Å². The maximum Gasteiger partial charge on any atom is 0.335 e. The Hall–Kier alpha value is -4.50. The van der Waals surface area contributed by atoms with Gasteiger partial charge in [-0.1, -0.05) is 0 Å². The molecule has 0 aromatic heterocycles. The van der Waals surface area contributed by atoms with Crippen LogP contribution in [0.2, 0.25) is 0 Å². The fraction of sp³-hybridized carbons (Fsp3) is 0.553. The predicted octanol–water partition coefficient (Wildman–Crippen LogP) is 4.35. The first kappa shape index (κ1) is 52.5. The van der Waals surface area contributed by atoms with E-state index in [4.69, 9.17) is 20.9 Å². The number of rotatable bonds is 12. The van der Waals surface area contributed by atoms with Crippen molar-refractivity contribution in [2.75, 3.05) is 72.7 Å². The number of likely N-dealkylation sites (N-methyl/N-ethyl adjacent to an activating group) is 2. The number of carboxylic acids is 2. The van der Waals surface area contributed by atoms with Crippen LogP contribution in [-0.4, -0.2) is 123 Å². The van der Waals surface area contributed by atoms with E-state index in [1.54, 1.807) is 52.5 Å². The van der Waals surface area contributed by atoms with Gasteiger partial charge in [-0.15, -0.1) is 0 Å². The number of carboxylic acid groups (broad SMARTS) is 2. The fourth-order valence-corrected chi connectivity index (χ4v) is 9.46. The average molecular weight is 893 g/mol. The van der Waals surface area contributed by atoms with Gasteiger partial charge >= 0.3 is 29.8 Å². The van der Waals surface area contributed by atoms with Gasteiger partial charge in [-0.05, 0) is 113 Å². The molecular weight excluding hydrogens is 836 g/mol. The van der Waals surface area contributed by atoms with E-state index in [0.29, 0.717) is 6.61 Å². The van der Waals surface area contributed by atoms with Gasteiger partial charge in [-0.3, -0.25) is 14.4 Å². The highest BCUT2D eigenvalue weighted by Crippen LogP contribution is 2.53. The molecule has 0 atom stereocenters. The van der Waals surface area contributed by atoms with E-state index in [2.05, 4.69) is 30.2 Å². The van der Waals surface area contributed by atoms with E-state index in [1.165, 1.54) is 83.1 Å². The number of methoxy groups -OCH3 is 2. The third-order valence-corrected chi connectivity index (χ3v) is 12.6. The Kier molecular flexibility index (Phi) is 22.4. The molecule has 2 aromatic carbocycles. The molecule has 0 radical (unpaired) electrons. The molecule has 0 spiro atoms. The van der Waals surface area contributed by atoms with Crippen LogP contribution in [0.1, 0.15) is 73.1 Å². The molecule has 4 saturated carbocycles. The van der Waals surface area contributed by atoms with Crippen molar-refractivity contribution in [3.05, 3.63) is 47.5 Å². The van der Waals surface area contributed by atoms with Gasteiger partial charge in [0.25, 0.3) is 9.05 Å². The highest BCUT2D eigenvalue weighted by atomic mass is 35.7. The lowest BCUT2D eigenvalue weighted by atomic mass is 9.56. The zero-order chi connectivity index (χ0) is 45.1. The minimum Gasteiger partial charge on any atom is -0.478 e. The van der Waals surface area contributed by atoms with Crippen LogP contribution in [0.3, 0.4) is 0 Å². The second-order valence-corrected chi connectivity index (χ2v) is 18.3. The lowest BCUT2D eigenvalue weighted by Gasteiger charge is -2.49. The van der Waals surface area contributed by atoms with E-state index >= 15 is 0 Å². The first-order valence-corrected chi connectivity index (χ1v) is 22.3. The molecule has 4 aliphatic rings. The molecule has 2 aromatic rings. The quantitative estimate of drug-likeness (QED) is 0.113. The number of benzene rings is 2. The SMILES string of the molecule is C1C2CC3CC1CC(C2)C3.CCOC(C)=O.CNCC(=O)OC.CNc1ccc(C(=O)O)cc1S(=O)(=O)Cl.CNc1ccc(C(=O)O)cc1S(=O)(=O)N(C)CC(=O)OC. The van der Waals surface area contributed by atoms with Gasteiger partial charge in [0, 0.05) is 38.7 Å². The van der Waals surface area contributed by atoms with Crippen LogP contribution < -0.4 is 16.0 Å². The Morgan fingerprint density at radius 3 is 1.39 bits per heavy atom. The van der Waals surface area contributed by atoms with Gasteiger partial charge in [-0.2, -0.15) is 4.31 Å². The minimum absolute atomic E-state index is 0.131. The number of aromatic carboxylic acids is 2. The summed E-state index contributed by atoms with van der Waals surface area (Å²) in [6.07, 6.45) is 9.62. The summed E-state index contributed by atoms with van der Waals surface area (Å²) in [4.78, 5) is 52.3. The van der Waals surface area contributed by atoms with Gasteiger partial charge in [-0.25, -0.2) is 26.4 Å². The molecule has 18 nitrogen and oxygen atoms in total. The van der Waals surface area contributed by atoms with Crippen LogP contribution in [0.25, 0.3) is 0 Å². The van der Waals surface area contributed by atoms with E-state index in [-0.39, 0.29) is 50.8 Å². The van der Waals surface area contributed by atoms with Crippen LogP contribution in [0, 0.1) is 23.7 Å². The summed E-state index contributed by atoms with van der Waals surface area (Å²) >= 11 is 0. The van der Waals surface area contributed by atoms with E-state index in [9.17, 15) is 40.8 Å². The van der Waals surface area contributed by atoms with Crippen molar-refractivity contribution in [2.45, 2.75) is 62.2 Å². The molecule has 59 heavy (non-hydrogen) atoms. The van der Waals surface area contributed by atoms with Crippen LogP contribution in [-0.2, 0) is 47.7 Å². The monoisotopic (exact) mass is 892 g/mol. The van der Waals surface area contributed by atoms with Crippen molar-refractivity contribution in [2.24, 2.45) is 23.7 Å². The summed E-state index contributed by atoms with van der Waals surface area (Å²) in [5.74, 6) is 1.09. The normalized spacial score (nSPS) is 18.3. The molecule has 0 unspecified atom stereocenters. The first-order chi connectivity index (χ1) is 27.6. The number of hydrogen-bond acceptors (Lipinski definition) is 15. The third kappa shape index (κ3) is 17.7. The van der Waals surface area contributed by atoms with Gasteiger partial charge in [0.2, 0.25) is 10.0 Å².